The molecule has 1 aliphatic rings. The highest BCUT2D eigenvalue weighted by Gasteiger charge is 2.27. The van der Waals surface area contributed by atoms with E-state index in [-0.39, 0.29) is 23.8 Å². The monoisotopic (exact) mass is 359 g/mol. The van der Waals surface area contributed by atoms with Crippen molar-refractivity contribution in [2.45, 2.75) is 45.1 Å². The lowest BCUT2D eigenvalue weighted by atomic mass is 9.91. The first kappa shape index (κ1) is 17.3. The van der Waals surface area contributed by atoms with Gasteiger partial charge < -0.3 is 10.6 Å². The number of hydrogen-bond acceptors (Lipinski definition) is 5. The van der Waals surface area contributed by atoms with Crippen molar-refractivity contribution in [3.63, 3.8) is 0 Å². The van der Waals surface area contributed by atoms with E-state index >= 15 is 0 Å². The summed E-state index contributed by atoms with van der Waals surface area (Å²) >= 11 is 1.37. The Labute approximate surface area is 150 Å². The van der Waals surface area contributed by atoms with Crippen LogP contribution >= 0.6 is 11.3 Å². The number of carbonyl (C=O) groups excluding carboxylic acids is 2. The molecule has 0 fully saturated rings. The molecule has 25 heavy (non-hydrogen) atoms. The Kier molecular flexibility index (Phi) is 4.71. The van der Waals surface area contributed by atoms with Gasteiger partial charge in [-0.15, -0.1) is 10.2 Å². The Morgan fingerprint density at radius 3 is 2.88 bits per heavy atom. The van der Waals surface area contributed by atoms with E-state index < -0.39 is 6.03 Å². The number of aromatic nitrogens is 2. The first-order valence-corrected chi connectivity index (χ1v) is 9.01. The Morgan fingerprint density at radius 2 is 2.12 bits per heavy atom. The molecule has 3 amide bonds. The molecule has 1 aromatic carbocycles. The second-order valence-corrected chi connectivity index (χ2v) is 7.62. The second-order valence-electron chi connectivity index (χ2n) is 6.64. The summed E-state index contributed by atoms with van der Waals surface area (Å²) < 4.78 is 0. The van der Waals surface area contributed by atoms with Gasteiger partial charge in [-0.25, -0.2) is 4.79 Å². The lowest BCUT2D eigenvalue weighted by Crippen LogP contribution is -2.37. The number of fused-ring (bicyclic) bond motifs is 1. The molecule has 0 bridgehead atoms. The topological polar surface area (TPSA) is 96.0 Å². The van der Waals surface area contributed by atoms with Gasteiger partial charge in [-0.3, -0.25) is 10.1 Å². The Bertz CT molecular complexity index is 802. The van der Waals surface area contributed by atoms with Crippen molar-refractivity contribution in [3.05, 3.63) is 34.8 Å². The van der Waals surface area contributed by atoms with Gasteiger partial charge in [0.1, 0.15) is 5.01 Å². The summed E-state index contributed by atoms with van der Waals surface area (Å²) in [6.45, 7) is 6.27. The minimum absolute atomic E-state index is 0.0749. The number of amides is 3. The fraction of sp³-hybridized carbons (Fsp3) is 0.412. The first-order chi connectivity index (χ1) is 11.9. The lowest BCUT2D eigenvalue weighted by Gasteiger charge is -2.26. The van der Waals surface area contributed by atoms with E-state index in [4.69, 9.17) is 0 Å². The van der Waals surface area contributed by atoms with Gasteiger partial charge in [-0.2, -0.15) is 0 Å². The molecule has 0 saturated heterocycles. The average Bonchev–Trinajstić information content (AvgIpc) is 3.04. The molecule has 3 N–H and O–H groups in total. The van der Waals surface area contributed by atoms with Gasteiger partial charge >= 0.3 is 6.03 Å². The maximum Gasteiger partial charge on any atom is 0.321 e. The van der Waals surface area contributed by atoms with Crippen molar-refractivity contribution in [1.29, 1.82) is 0 Å². The molecule has 2 heterocycles. The average molecular weight is 359 g/mol. The summed E-state index contributed by atoms with van der Waals surface area (Å²) in [5.74, 6) is -0.119. The normalized spacial score (nSPS) is 16.8. The summed E-state index contributed by atoms with van der Waals surface area (Å²) in [7, 11) is 0. The maximum absolute atomic E-state index is 12.3. The van der Waals surface area contributed by atoms with Crippen LogP contribution in [0.1, 0.15) is 50.2 Å². The van der Waals surface area contributed by atoms with Crippen molar-refractivity contribution in [2.75, 3.05) is 10.6 Å². The molecule has 1 unspecified atom stereocenters. The van der Waals surface area contributed by atoms with E-state index in [9.17, 15) is 9.59 Å². The third-order valence-electron chi connectivity index (χ3n) is 4.41. The van der Waals surface area contributed by atoms with Gasteiger partial charge in [0.15, 0.2) is 0 Å². The molecule has 1 aliphatic heterocycles. The highest BCUT2D eigenvalue weighted by atomic mass is 32.1. The molecule has 2 aromatic rings. The second kappa shape index (κ2) is 6.79. The largest absolute Gasteiger partial charge is 0.330 e. The number of carbonyl (C=O) groups is 2. The van der Waals surface area contributed by atoms with E-state index in [2.05, 4.69) is 46.9 Å². The first-order valence-electron chi connectivity index (χ1n) is 8.19. The van der Waals surface area contributed by atoms with Gasteiger partial charge in [-0.05, 0) is 18.1 Å². The highest BCUT2D eigenvalue weighted by Crippen LogP contribution is 2.32. The molecule has 3 rings (SSSR count). The summed E-state index contributed by atoms with van der Waals surface area (Å²) in [6, 6.07) is 6.68. The number of anilines is 2. The third kappa shape index (κ3) is 3.79. The van der Waals surface area contributed by atoms with E-state index in [1.807, 2.05) is 24.3 Å². The molecule has 132 valence electrons. The van der Waals surface area contributed by atoms with Gasteiger partial charge in [0.25, 0.3) is 0 Å². The van der Waals surface area contributed by atoms with Crippen molar-refractivity contribution in [2.24, 2.45) is 0 Å². The smallest absolute Gasteiger partial charge is 0.321 e. The van der Waals surface area contributed by atoms with Crippen LogP contribution in [0.5, 0.6) is 0 Å². The minimum Gasteiger partial charge on any atom is -0.330 e. The Morgan fingerprint density at radius 1 is 1.36 bits per heavy atom. The number of para-hydroxylation sites is 1. The maximum atomic E-state index is 12.3. The van der Waals surface area contributed by atoms with Gasteiger partial charge in [0.05, 0.1) is 12.5 Å². The Hall–Kier alpha value is -2.48. The summed E-state index contributed by atoms with van der Waals surface area (Å²) in [5.41, 5.74) is 1.54. The van der Waals surface area contributed by atoms with Gasteiger partial charge in [0.2, 0.25) is 11.0 Å². The fourth-order valence-corrected chi connectivity index (χ4v) is 3.44. The number of hydrogen-bond donors (Lipinski definition) is 3. The van der Waals surface area contributed by atoms with E-state index in [0.717, 1.165) is 22.7 Å². The summed E-state index contributed by atoms with van der Waals surface area (Å²) in [5, 5.41) is 17.9. The van der Waals surface area contributed by atoms with E-state index in [1.54, 1.807) is 0 Å². The molecular formula is C17H21N5O2S. The number of nitrogens with zero attached hydrogens (tertiary/aromatic N) is 2. The molecular weight excluding hydrogens is 338 g/mol. The molecule has 8 heteroatoms. The molecule has 0 spiro atoms. The van der Waals surface area contributed by atoms with E-state index in [1.165, 1.54) is 11.3 Å². The minimum atomic E-state index is -0.397. The van der Waals surface area contributed by atoms with Crippen molar-refractivity contribution in [1.82, 2.24) is 15.5 Å². The SMILES string of the molecule is CCC(C)(C)c1nnc(NC(=O)NC2CC(=O)Nc3ccccc32)s1. The van der Waals surface area contributed by atoms with Gasteiger partial charge in [0, 0.05) is 11.1 Å². The quantitative estimate of drug-likeness (QED) is 0.779. The molecule has 1 atom stereocenters. The van der Waals surface area contributed by atoms with Crippen LogP contribution in [0.25, 0.3) is 0 Å². The third-order valence-corrected chi connectivity index (χ3v) is 5.62. The summed E-state index contributed by atoms with van der Waals surface area (Å²) in [6.07, 6.45) is 1.14. The van der Waals surface area contributed by atoms with Crippen LogP contribution < -0.4 is 16.0 Å². The molecule has 0 radical (unpaired) electrons. The van der Waals surface area contributed by atoms with Crippen molar-refractivity contribution >= 4 is 34.1 Å². The number of benzene rings is 1. The van der Waals surface area contributed by atoms with Crippen molar-refractivity contribution < 1.29 is 9.59 Å². The highest BCUT2D eigenvalue weighted by molar-refractivity contribution is 7.15. The van der Waals surface area contributed by atoms with Crippen molar-refractivity contribution in [3.8, 4) is 0 Å². The number of urea groups is 1. The Balaban J connectivity index is 1.68. The van der Waals surface area contributed by atoms with Crippen LogP contribution in [0.2, 0.25) is 0 Å². The van der Waals surface area contributed by atoms with Crippen LogP contribution in [0.3, 0.4) is 0 Å². The van der Waals surface area contributed by atoms with Crippen LogP contribution in [0.15, 0.2) is 24.3 Å². The molecule has 0 aliphatic carbocycles. The summed E-state index contributed by atoms with van der Waals surface area (Å²) in [4.78, 5) is 24.1. The molecule has 7 nitrogen and oxygen atoms in total. The standard InChI is InChI=1S/C17H21N5O2S/c1-4-17(2,3)14-21-22-16(25-14)20-15(24)19-12-9-13(23)18-11-8-6-5-7-10(11)12/h5-8,12H,4,9H2,1-3H3,(H,18,23)(H2,19,20,22,24). The molecule has 1 aromatic heterocycles. The fourth-order valence-electron chi connectivity index (χ4n) is 2.53. The zero-order chi connectivity index (χ0) is 18.0. The predicted octanol–water partition coefficient (Wildman–Crippen LogP) is 3.43. The zero-order valence-electron chi connectivity index (χ0n) is 14.4. The zero-order valence-corrected chi connectivity index (χ0v) is 15.2. The predicted molar refractivity (Wildman–Crippen MR) is 97.8 cm³/mol. The van der Waals surface area contributed by atoms with Gasteiger partial charge in [-0.1, -0.05) is 50.3 Å². The number of rotatable bonds is 4. The van der Waals surface area contributed by atoms with Crippen LogP contribution in [0, 0.1) is 0 Å². The van der Waals surface area contributed by atoms with E-state index in [0.29, 0.717) is 5.13 Å². The molecule has 0 saturated carbocycles. The lowest BCUT2D eigenvalue weighted by molar-refractivity contribution is -0.116. The van der Waals surface area contributed by atoms with Crippen LogP contribution in [-0.2, 0) is 10.2 Å². The van der Waals surface area contributed by atoms with Crippen LogP contribution in [0.4, 0.5) is 15.6 Å². The van der Waals surface area contributed by atoms with Crippen LogP contribution in [-0.4, -0.2) is 22.1 Å². The number of nitrogens with one attached hydrogen (secondary N) is 3.